The van der Waals surface area contributed by atoms with Crippen LogP contribution in [0.15, 0.2) is 42.5 Å². The largest absolute Gasteiger partial charge is 0.494 e. The number of rotatable bonds is 6. The standard InChI is InChI=1S/C17H15N3O4S/c1-2-8-24-13-6-7-14-15(10-13)25-17(18-14)19-16(21)11-4-3-5-12(9-11)20(22)23/h3-7,9-10H,2,8H2,1H3,(H,18,19,21). The molecular formula is C17H15N3O4S. The molecule has 0 unspecified atom stereocenters. The number of hydrogen-bond donors (Lipinski definition) is 1. The van der Waals surface area contributed by atoms with E-state index in [0.717, 1.165) is 22.4 Å². The number of nitro groups is 1. The number of nitrogens with zero attached hydrogens (tertiary/aromatic N) is 2. The first-order valence-electron chi connectivity index (χ1n) is 7.66. The van der Waals surface area contributed by atoms with Crippen molar-refractivity contribution in [1.82, 2.24) is 4.98 Å². The van der Waals surface area contributed by atoms with E-state index in [1.165, 1.54) is 35.6 Å². The van der Waals surface area contributed by atoms with Gasteiger partial charge in [0.2, 0.25) is 0 Å². The molecule has 25 heavy (non-hydrogen) atoms. The van der Waals surface area contributed by atoms with Crippen LogP contribution in [0.5, 0.6) is 5.75 Å². The molecule has 128 valence electrons. The molecule has 0 bridgehead atoms. The summed E-state index contributed by atoms with van der Waals surface area (Å²) in [5.74, 6) is 0.319. The number of fused-ring (bicyclic) bond motifs is 1. The van der Waals surface area contributed by atoms with Gasteiger partial charge in [0.1, 0.15) is 5.75 Å². The van der Waals surface area contributed by atoms with E-state index in [2.05, 4.69) is 10.3 Å². The lowest BCUT2D eigenvalue weighted by Gasteiger charge is -2.02. The molecule has 0 fully saturated rings. The maximum atomic E-state index is 12.3. The number of carbonyl (C=O) groups excluding carboxylic acids is 1. The molecule has 0 saturated carbocycles. The third kappa shape index (κ3) is 3.92. The van der Waals surface area contributed by atoms with Crippen LogP contribution in [-0.4, -0.2) is 22.4 Å². The Morgan fingerprint density at radius 2 is 2.16 bits per heavy atom. The van der Waals surface area contributed by atoms with E-state index in [-0.39, 0.29) is 11.3 Å². The van der Waals surface area contributed by atoms with Crippen LogP contribution in [0.25, 0.3) is 10.2 Å². The predicted molar refractivity (Wildman–Crippen MR) is 96.5 cm³/mol. The van der Waals surface area contributed by atoms with Crippen molar-refractivity contribution >= 4 is 38.3 Å². The molecule has 0 saturated heterocycles. The molecule has 1 amide bonds. The third-order valence-corrected chi connectivity index (χ3v) is 4.31. The molecule has 3 rings (SSSR count). The first-order valence-corrected chi connectivity index (χ1v) is 8.47. The van der Waals surface area contributed by atoms with Crippen molar-refractivity contribution in [2.45, 2.75) is 13.3 Å². The number of carbonyl (C=O) groups is 1. The smallest absolute Gasteiger partial charge is 0.270 e. The molecule has 0 aliphatic heterocycles. The highest BCUT2D eigenvalue weighted by molar-refractivity contribution is 7.22. The summed E-state index contributed by atoms with van der Waals surface area (Å²) in [6.45, 7) is 2.67. The summed E-state index contributed by atoms with van der Waals surface area (Å²) in [5, 5.41) is 13.9. The molecule has 0 atom stereocenters. The van der Waals surface area contributed by atoms with E-state index in [1.54, 1.807) is 0 Å². The highest BCUT2D eigenvalue weighted by Gasteiger charge is 2.14. The molecule has 3 aromatic rings. The Bertz CT molecular complexity index is 939. The van der Waals surface area contributed by atoms with Gasteiger partial charge in [-0.1, -0.05) is 24.3 Å². The van der Waals surface area contributed by atoms with E-state index >= 15 is 0 Å². The lowest BCUT2D eigenvalue weighted by molar-refractivity contribution is -0.384. The number of nitro benzene ring substituents is 1. The van der Waals surface area contributed by atoms with E-state index in [1.807, 2.05) is 25.1 Å². The Balaban J connectivity index is 1.79. The van der Waals surface area contributed by atoms with Crippen LogP contribution < -0.4 is 10.1 Å². The zero-order chi connectivity index (χ0) is 17.8. The minimum atomic E-state index is -0.535. The summed E-state index contributed by atoms with van der Waals surface area (Å²) in [6, 6.07) is 11.1. The second-order valence-electron chi connectivity index (χ2n) is 5.26. The van der Waals surface area contributed by atoms with Crippen LogP contribution in [0.3, 0.4) is 0 Å². The van der Waals surface area contributed by atoms with Gasteiger partial charge in [-0.25, -0.2) is 4.98 Å². The third-order valence-electron chi connectivity index (χ3n) is 3.37. The summed E-state index contributed by atoms with van der Waals surface area (Å²) in [4.78, 5) is 26.9. The van der Waals surface area contributed by atoms with Gasteiger partial charge in [0, 0.05) is 17.7 Å². The minimum absolute atomic E-state index is 0.130. The highest BCUT2D eigenvalue weighted by atomic mass is 32.1. The maximum Gasteiger partial charge on any atom is 0.270 e. The molecule has 2 aromatic carbocycles. The SMILES string of the molecule is CCCOc1ccc2nc(NC(=O)c3cccc([N+](=O)[O-])c3)sc2c1. The van der Waals surface area contributed by atoms with Crippen LogP contribution in [0, 0.1) is 10.1 Å². The summed E-state index contributed by atoms with van der Waals surface area (Å²) in [5.41, 5.74) is 0.832. The average molecular weight is 357 g/mol. The Hall–Kier alpha value is -3.00. The normalized spacial score (nSPS) is 10.6. The first kappa shape index (κ1) is 16.8. The molecule has 8 heteroatoms. The van der Waals surface area contributed by atoms with Crippen molar-refractivity contribution in [3.8, 4) is 5.75 Å². The van der Waals surface area contributed by atoms with Crippen molar-refractivity contribution in [3.05, 3.63) is 58.1 Å². The first-order chi connectivity index (χ1) is 12.1. The summed E-state index contributed by atoms with van der Waals surface area (Å²) in [7, 11) is 0. The van der Waals surface area contributed by atoms with Gasteiger partial charge in [-0.2, -0.15) is 0 Å². The number of thiazole rings is 1. The summed E-state index contributed by atoms with van der Waals surface area (Å²) < 4.78 is 6.48. The molecule has 1 heterocycles. The topological polar surface area (TPSA) is 94.4 Å². The van der Waals surface area contributed by atoms with Crippen molar-refractivity contribution in [3.63, 3.8) is 0 Å². The Kier molecular flexibility index (Phi) is 4.90. The van der Waals surface area contributed by atoms with Gasteiger partial charge in [0.05, 0.1) is 21.7 Å². The molecular weight excluding hydrogens is 342 g/mol. The number of nitrogens with one attached hydrogen (secondary N) is 1. The Labute approximate surface area is 147 Å². The van der Waals surface area contributed by atoms with Gasteiger partial charge in [-0.15, -0.1) is 0 Å². The second kappa shape index (κ2) is 7.27. The van der Waals surface area contributed by atoms with Crippen LogP contribution in [-0.2, 0) is 0 Å². The van der Waals surface area contributed by atoms with E-state index < -0.39 is 10.8 Å². The molecule has 1 aromatic heterocycles. The number of non-ortho nitro benzene ring substituents is 1. The fourth-order valence-electron chi connectivity index (χ4n) is 2.20. The number of amides is 1. The van der Waals surface area contributed by atoms with Gasteiger partial charge >= 0.3 is 0 Å². The molecule has 1 N–H and O–H groups in total. The van der Waals surface area contributed by atoms with E-state index in [0.29, 0.717) is 11.7 Å². The Morgan fingerprint density at radius 1 is 1.32 bits per heavy atom. The molecule has 0 radical (unpaired) electrons. The fraction of sp³-hybridized carbons (Fsp3) is 0.176. The van der Waals surface area contributed by atoms with Gasteiger partial charge < -0.3 is 4.74 Å². The molecule has 0 aliphatic carbocycles. The minimum Gasteiger partial charge on any atom is -0.494 e. The average Bonchev–Trinajstić information content (AvgIpc) is 3.01. The van der Waals surface area contributed by atoms with Gasteiger partial charge in [0.15, 0.2) is 5.13 Å². The van der Waals surface area contributed by atoms with Crippen molar-refractivity contribution < 1.29 is 14.5 Å². The predicted octanol–water partition coefficient (Wildman–Crippen LogP) is 4.25. The van der Waals surface area contributed by atoms with Gasteiger partial charge in [-0.05, 0) is 30.7 Å². The monoisotopic (exact) mass is 357 g/mol. The summed E-state index contributed by atoms with van der Waals surface area (Å²) >= 11 is 1.32. The highest BCUT2D eigenvalue weighted by Crippen LogP contribution is 2.29. The van der Waals surface area contributed by atoms with Crippen molar-refractivity contribution in [2.24, 2.45) is 0 Å². The van der Waals surface area contributed by atoms with Crippen molar-refractivity contribution in [1.29, 1.82) is 0 Å². The van der Waals surface area contributed by atoms with Crippen LogP contribution in [0.1, 0.15) is 23.7 Å². The molecule has 7 nitrogen and oxygen atoms in total. The number of ether oxygens (including phenoxy) is 1. The fourth-order valence-corrected chi connectivity index (χ4v) is 3.09. The number of benzene rings is 2. The lowest BCUT2D eigenvalue weighted by Crippen LogP contribution is -2.11. The number of anilines is 1. The summed E-state index contributed by atoms with van der Waals surface area (Å²) in [6.07, 6.45) is 0.922. The second-order valence-corrected chi connectivity index (χ2v) is 6.29. The van der Waals surface area contributed by atoms with E-state index in [9.17, 15) is 14.9 Å². The van der Waals surface area contributed by atoms with Crippen molar-refractivity contribution in [2.75, 3.05) is 11.9 Å². The van der Waals surface area contributed by atoms with Crippen LogP contribution in [0.4, 0.5) is 10.8 Å². The van der Waals surface area contributed by atoms with E-state index in [4.69, 9.17) is 4.74 Å². The molecule has 0 spiro atoms. The van der Waals surface area contributed by atoms with Crippen LogP contribution >= 0.6 is 11.3 Å². The van der Waals surface area contributed by atoms with Gasteiger partial charge in [0.25, 0.3) is 11.6 Å². The zero-order valence-electron chi connectivity index (χ0n) is 13.4. The number of aromatic nitrogens is 1. The molecule has 0 aliphatic rings. The number of hydrogen-bond acceptors (Lipinski definition) is 6. The van der Waals surface area contributed by atoms with Gasteiger partial charge in [-0.3, -0.25) is 20.2 Å². The quantitative estimate of drug-likeness (QED) is 0.526. The maximum absolute atomic E-state index is 12.3. The zero-order valence-corrected chi connectivity index (χ0v) is 14.2. The van der Waals surface area contributed by atoms with Crippen LogP contribution in [0.2, 0.25) is 0 Å². The lowest BCUT2D eigenvalue weighted by atomic mass is 10.2. The Morgan fingerprint density at radius 3 is 2.92 bits per heavy atom.